The number of carbonyl (C=O) groups is 1. The van der Waals surface area contributed by atoms with Gasteiger partial charge in [-0.25, -0.2) is 0 Å². The number of phenols is 1. The Balaban J connectivity index is 2.13. The van der Waals surface area contributed by atoms with Crippen molar-refractivity contribution >= 4 is 11.6 Å². The molecule has 1 aliphatic rings. The zero-order chi connectivity index (χ0) is 14.8. The third-order valence-corrected chi connectivity index (χ3v) is 3.21. The molecule has 0 saturated carbocycles. The van der Waals surface area contributed by atoms with E-state index in [1.54, 1.807) is 0 Å². The van der Waals surface area contributed by atoms with E-state index in [1.807, 2.05) is 0 Å². The molecule has 1 aromatic carbocycles. The van der Waals surface area contributed by atoms with Gasteiger partial charge in [-0.3, -0.25) is 4.79 Å². The topological polar surface area (TPSA) is 61.4 Å². The molecule has 0 aromatic heterocycles. The summed E-state index contributed by atoms with van der Waals surface area (Å²) in [5.41, 5.74) is -1.14. The molecule has 0 bridgehead atoms. The van der Waals surface area contributed by atoms with Gasteiger partial charge in [0.25, 0.3) is 0 Å². The van der Waals surface area contributed by atoms with Crippen LogP contribution in [0, 0.1) is 0 Å². The van der Waals surface area contributed by atoms with E-state index in [-0.39, 0.29) is 11.4 Å². The Morgan fingerprint density at radius 1 is 1.35 bits per heavy atom. The van der Waals surface area contributed by atoms with Gasteiger partial charge < -0.3 is 15.7 Å². The SMILES string of the molecule is O=C(Nc1cc(C(F)(F)F)ccc1O)[C@H]1CCCCN1. The number of nitrogens with one attached hydrogen (secondary N) is 2. The van der Waals surface area contributed by atoms with Crippen molar-refractivity contribution in [3.63, 3.8) is 0 Å². The lowest BCUT2D eigenvalue weighted by Gasteiger charge is -2.23. The summed E-state index contributed by atoms with van der Waals surface area (Å²) in [6.45, 7) is 0.701. The highest BCUT2D eigenvalue weighted by Gasteiger charge is 2.31. The van der Waals surface area contributed by atoms with Gasteiger partial charge in [-0.05, 0) is 37.6 Å². The quantitative estimate of drug-likeness (QED) is 0.733. The van der Waals surface area contributed by atoms with Gasteiger partial charge >= 0.3 is 6.18 Å². The van der Waals surface area contributed by atoms with Gasteiger partial charge in [0, 0.05) is 0 Å². The second kappa shape index (κ2) is 5.70. The lowest BCUT2D eigenvalue weighted by molar-refractivity contribution is -0.137. The van der Waals surface area contributed by atoms with Crippen LogP contribution in [0.25, 0.3) is 0 Å². The summed E-state index contributed by atoms with van der Waals surface area (Å²) in [4.78, 5) is 11.9. The van der Waals surface area contributed by atoms with Crippen LogP contribution in [-0.2, 0) is 11.0 Å². The fraction of sp³-hybridized carbons (Fsp3) is 0.462. The normalized spacial score (nSPS) is 19.6. The first-order valence-electron chi connectivity index (χ1n) is 6.32. The Morgan fingerprint density at radius 3 is 2.70 bits per heavy atom. The summed E-state index contributed by atoms with van der Waals surface area (Å²) in [6, 6.07) is 1.99. The lowest BCUT2D eigenvalue weighted by Crippen LogP contribution is -2.43. The van der Waals surface area contributed by atoms with Crippen molar-refractivity contribution in [3.05, 3.63) is 23.8 Å². The molecule has 0 unspecified atom stereocenters. The number of rotatable bonds is 2. The van der Waals surface area contributed by atoms with Gasteiger partial charge in [-0.2, -0.15) is 13.2 Å². The number of aromatic hydroxyl groups is 1. The van der Waals surface area contributed by atoms with Crippen LogP contribution in [0.2, 0.25) is 0 Å². The first-order chi connectivity index (χ1) is 9.38. The average Bonchev–Trinajstić information content (AvgIpc) is 2.41. The van der Waals surface area contributed by atoms with Crippen LogP contribution >= 0.6 is 0 Å². The molecular weight excluding hydrogens is 273 g/mol. The zero-order valence-corrected chi connectivity index (χ0v) is 10.6. The van der Waals surface area contributed by atoms with Gasteiger partial charge in [-0.1, -0.05) is 6.42 Å². The van der Waals surface area contributed by atoms with Crippen molar-refractivity contribution in [2.24, 2.45) is 0 Å². The lowest BCUT2D eigenvalue weighted by atomic mass is 10.0. The highest BCUT2D eigenvalue weighted by Crippen LogP contribution is 2.34. The van der Waals surface area contributed by atoms with E-state index in [2.05, 4.69) is 10.6 Å². The van der Waals surface area contributed by atoms with E-state index < -0.39 is 23.7 Å². The first kappa shape index (κ1) is 14.6. The van der Waals surface area contributed by atoms with Crippen molar-refractivity contribution < 1.29 is 23.1 Å². The van der Waals surface area contributed by atoms with Crippen molar-refractivity contribution in [2.45, 2.75) is 31.5 Å². The molecule has 1 saturated heterocycles. The number of hydrogen-bond acceptors (Lipinski definition) is 3. The minimum Gasteiger partial charge on any atom is -0.506 e. The van der Waals surface area contributed by atoms with Crippen LogP contribution in [0.15, 0.2) is 18.2 Å². The number of benzene rings is 1. The highest BCUT2D eigenvalue weighted by atomic mass is 19.4. The zero-order valence-electron chi connectivity index (χ0n) is 10.6. The van der Waals surface area contributed by atoms with Crippen LogP contribution in [0.1, 0.15) is 24.8 Å². The van der Waals surface area contributed by atoms with Crippen LogP contribution in [-0.4, -0.2) is 23.6 Å². The predicted molar refractivity (Wildman–Crippen MR) is 67.4 cm³/mol. The highest BCUT2D eigenvalue weighted by molar-refractivity contribution is 5.96. The van der Waals surface area contributed by atoms with Gasteiger partial charge in [0.1, 0.15) is 5.75 Å². The fourth-order valence-electron chi connectivity index (χ4n) is 2.11. The Labute approximate surface area is 114 Å². The smallest absolute Gasteiger partial charge is 0.416 e. The van der Waals surface area contributed by atoms with Crippen molar-refractivity contribution in [3.8, 4) is 5.75 Å². The third kappa shape index (κ3) is 3.41. The van der Waals surface area contributed by atoms with Crippen LogP contribution in [0.5, 0.6) is 5.75 Å². The van der Waals surface area contributed by atoms with E-state index in [0.29, 0.717) is 13.0 Å². The van der Waals surface area contributed by atoms with E-state index in [1.165, 1.54) is 0 Å². The summed E-state index contributed by atoms with van der Waals surface area (Å²) in [6.07, 6.45) is -2.03. The molecule has 1 atom stereocenters. The maximum absolute atomic E-state index is 12.6. The van der Waals surface area contributed by atoms with Gasteiger partial charge in [0.05, 0.1) is 17.3 Å². The molecule has 2 rings (SSSR count). The third-order valence-electron chi connectivity index (χ3n) is 3.21. The van der Waals surface area contributed by atoms with Crippen LogP contribution in [0.4, 0.5) is 18.9 Å². The van der Waals surface area contributed by atoms with E-state index in [0.717, 1.165) is 31.0 Å². The number of phenolic OH excluding ortho intramolecular Hbond substituents is 1. The summed E-state index contributed by atoms with van der Waals surface area (Å²) >= 11 is 0. The molecule has 1 aliphatic heterocycles. The fourth-order valence-corrected chi connectivity index (χ4v) is 2.11. The van der Waals surface area contributed by atoms with Crippen LogP contribution in [0.3, 0.4) is 0 Å². The standard InChI is InChI=1S/C13H15F3N2O2/c14-13(15,16)8-4-5-11(19)10(7-8)18-12(20)9-3-1-2-6-17-9/h4-5,7,9,17,19H,1-3,6H2,(H,18,20)/t9-/m1/s1. The number of anilines is 1. The molecular formula is C13H15F3N2O2. The Bertz CT molecular complexity index is 497. The minimum atomic E-state index is -4.52. The molecule has 1 heterocycles. The summed E-state index contributed by atoms with van der Waals surface area (Å²) < 4.78 is 37.8. The van der Waals surface area contributed by atoms with Gasteiger partial charge in [0.2, 0.25) is 5.91 Å². The van der Waals surface area contributed by atoms with Crippen molar-refractivity contribution in [1.82, 2.24) is 5.32 Å². The van der Waals surface area contributed by atoms with Crippen molar-refractivity contribution in [2.75, 3.05) is 11.9 Å². The van der Waals surface area contributed by atoms with Gasteiger partial charge in [-0.15, -0.1) is 0 Å². The van der Waals surface area contributed by atoms with Crippen molar-refractivity contribution in [1.29, 1.82) is 0 Å². The molecule has 4 nitrogen and oxygen atoms in total. The summed E-state index contributed by atoms with van der Waals surface area (Å²) in [5, 5.41) is 14.9. The Hall–Kier alpha value is -1.76. The molecule has 1 amide bonds. The molecule has 3 N–H and O–H groups in total. The van der Waals surface area contributed by atoms with Gasteiger partial charge in [0.15, 0.2) is 0 Å². The Morgan fingerprint density at radius 2 is 2.10 bits per heavy atom. The number of amides is 1. The summed E-state index contributed by atoms with van der Waals surface area (Å²) in [5.74, 6) is -0.818. The van der Waals surface area contributed by atoms with E-state index >= 15 is 0 Å². The maximum Gasteiger partial charge on any atom is 0.416 e. The average molecular weight is 288 g/mol. The molecule has 20 heavy (non-hydrogen) atoms. The number of carbonyl (C=O) groups excluding carboxylic acids is 1. The predicted octanol–water partition coefficient (Wildman–Crippen LogP) is 2.49. The molecule has 0 aliphatic carbocycles. The number of alkyl halides is 3. The molecule has 0 radical (unpaired) electrons. The monoisotopic (exact) mass is 288 g/mol. The number of halogens is 3. The molecule has 1 fully saturated rings. The van der Waals surface area contributed by atoms with E-state index in [9.17, 15) is 23.1 Å². The van der Waals surface area contributed by atoms with Crippen LogP contribution < -0.4 is 10.6 Å². The second-order valence-corrected chi connectivity index (χ2v) is 4.72. The molecule has 7 heteroatoms. The largest absolute Gasteiger partial charge is 0.506 e. The number of piperidine rings is 1. The molecule has 110 valence electrons. The Kier molecular flexibility index (Phi) is 4.17. The number of hydrogen-bond donors (Lipinski definition) is 3. The minimum absolute atomic E-state index is 0.225. The first-order valence-corrected chi connectivity index (χ1v) is 6.32. The molecule has 1 aromatic rings. The van der Waals surface area contributed by atoms with E-state index in [4.69, 9.17) is 0 Å². The summed E-state index contributed by atoms with van der Waals surface area (Å²) in [7, 11) is 0. The maximum atomic E-state index is 12.6. The molecule has 0 spiro atoms. The second-order valence-electron chi connectivity index (χ2n) is 4.72.